The Kier molecular flexibility index (Phi) is 7.16. The normalized spacial score (nSPS) is 13.9. The van der Waals surface area contributed by atoms with Gasteiger partial charge in [0.1, 0.15) is 17.2 Å². The smallest absolute Gasteiger partial charge is 0.305 e. The van der Waals surface area contributed by atoms with Crippen molar-refractivity contribution in [3.63, 3.8) is 0 Å². The zero-order valence-corrected chi connectivity index (χ0v) is 18.7. The van der Waals surface area contributed by atoms with E-state index in [0.29, 0.717) is 16.9 Å². The van der Waals surface area contributed by atoms with E-state index in [2.05, 4.69) is 19.9 Å². The molecule has 0 bridgehead atoms. The van der Waals surface area contributed by atoms with E-state index in [1.807, 2.05) is 13.0 Å². The van der Waals surface area contributed by atoms with Gasteiger partial charge in [0.25, 0.3) is 0 Å². The summed E-state index contributed by atoms with van der Waals surface area (Å²) in [5.74, 6) is -0.647. The Morgan fingerprint density at radius 3 is 2.47 bits per heavy atom. The van der Waals surface area contributed by atoms with Crippen LogP contribution in [0.1, 0.15) is 54.9 Å². The second-order valence-corrected chi connectivity index (χ2v) is 8.55. The van der Waals surface area contributed by atoms with Crippen molar-refractivity contribution in [2.24, 2.45) is 0 Å². The van der Waals surface area contributed by atoms with E-state index >= 15 is 0 Å². The lowest BCUT2D eigenvalue weighted by molar-refractivity contribution is -0.139. The second kappa shape index (κ2) is 9.67. The van der Waals surface area contributed by atoms with Gasteiger partial charge in [-0.1, -0.05) is 38.1 Å². The molecule has 0 saturated carbocycles. The molecule has 0 spiro atoms. The molecule has 3 aromatic rings. The standard InChI is InChI=1S/C26H29FO5/c1-14(2)20-8-5-15(3)25-24(20)21(9-7-18(28)12-19(29)13-23(30)31)26(32-25)17-6-10-22(27)16(4)11-17/h5-11,14,18-19,28-29H,12-13H2,1-4H3,(H,30,31)/t18-,19-/m1/s1. The molecule has 0 aliphatic carbocycles. The van der Waals surface area contributed by atoms with Crippen molar-refractivity contribution in [1.29, 1.82) is 0 Å². The van der Waals surface area contributed by atoms with Gasteiger partial charge in [-0.3, -0.25) is 4.79 Å². The molecule has 5 nitrogen and oxygen atoms in total. The van der Waals surface area contributed by atoms with Gasteiger partial charge >= 0.3 is 5.97 Å². The molecule has 0 amide bonds. The number of aliphatic hydroxyl groups excluding tert-OH is 2. The highest BCUT2D eigenvalue weighted by Crippen LogP contribution is 2.40. The summed E-state index contributed by atoms with van der Waals surface area (Å²) in [5.41, 5.74) is 4.74. The maximum Gasteiger partial charge on any atom is 0.305 e. The number of furan rings is 1. The number of aryl methyl sites for hydroxylation is 2. The van der Waals surface area contributed by atoms with Gasteiger partial charge in [-0.15, -0.1) is 0 Å². The second-order valence-electron chi connectivity index (χ2n) is 8.55. The number of hydrogen-bond donors (Lipinski definition) is 3. The number of aliphatic hydroxyl groups is 2. The summed E-state index contributed by atoms with van der Waals surface area (Å²) in [6.45, 7) is 7.82. The summed E-state index contributed by atoms with van der Waals surface area (Å²) in [6, 6.07) is 8.85. The lowest BCUT2D eigenvalue weighted by Gasteiger charge is -2.11. The molecule has 0 radical (unpaired) electrons. The zero-order chi connectivity index (χ0) is 23.6. The van der Waals surface area contributed by atoms with E-state index in [-0.39, 0.29) is 18.2 Å². The average Bonchev–Trinajstić information content (AvgIpc) is 3.08. The van der Waals surface area contributed by atoms with Crippen molar-refractivity contribution in [3.8, 4) is 11.3 Å². The third-order valence-corrected chi connectivity index (χ3v) is 5.56. The lowest BCUT2D eigenvalue weighted by Crippen LogP contribution is -2.19. The van der Waals surface area contributed by atoms with Crippen LogP contribution >= 0.6 is 0 Å². The van der Waals surface area contributed by atoms with Gasteiger partial charge in [0.05, 0.1) is 18.6 Å². The van der Waals surface area contributed by atoms with Gasteiger partial charge < -0.3 is 19.7 Å². The Morgan fingerprint density at radius 1 is 1.12 bits per heavy atom. The summed E-state index contributed by atoms with van der Waals surface area (Å²) in [6.07, 6.45) is 0.548. The molecule has 170 valence electrons. The number of aliphatic carboxylic acids is 1. The molecule has 6 heteroatoms. The topological polar surface area (TPSA) is 90.9 Å². The van der Waals surface area contributed by atoms with E-state index in [1.165, 1.54) is 12.1 Å². The predicted octanol–water partition coefficient (Wildman–Crippen LogP) is 5.58. The summed E-state index contributed by atoms with van der Waals surface area (Å²) in [5, 5.41) is 29.9. The van der Waals surface area contributed by atoms with Crippen molar-refractivity contribution < 1.29 is 28.9 Å². The van der Waals surface area contributed by atoms with Crippen LogP contribution in [0.25, 0.3) is 28.4 Å². The fourth-order valence-electron chi connectivity index (χ4n) is 3.87. The van der Waals surface area contributed by atoms with Crippen LogP contribution in [0.15, 0.2) is 40.8 Å². The van der Waals surface area contributed by atoms with E-state index < -0.39 is 24.6 Å². The minimum absolute atomic E-state index is 0.0976. The molecule has 32 heavy (non-hydrogen) atoms. The maximum absolute atomic E-state index is 13.9. The van der Waals surface area contributed by atoms with Crippen LogP contribution in [-0.4, -0.2) is 33.5 Å². The predicted molar refractivity (Wildman–Crippen MR) is 123 cm³/mol. The molecule has 1 aromatic heterocycles. The first-order valence-corrected chi connectivity index (χ1v) is 10.7. The number of benzene rings is 2. The highest BCUT2D eigenvalue weighted by Gasteiger charge is 2.21. The molecule has 0 aliphatic heterocycles. The highest BCUT2D eigenvalue weighted by molar-refractivity contribution is 5.98. The summed E-state index contributed by atoms with van der Waals surface area (Å²) >= 11 is 0. The van der Waals surface area contributed by atoms with Crippen LogP contribution in [0.4, 0.5) is 4.39 Å². The molecule has 0 aliphatic rings. The number of hydrogen-bond acceptors (Lipinski definition) is 4. The Bertz CT molecular complexity index is 1160. The maximum atomic E-state index is 13.9. The minimum atomic E-state index is -1.15. The molecule has 3 N–H and O–H groups in total. The van der Waals surface area contributed by atoms with Crippen LogP contribution in [0.5, 0.6) is 0 Å². The SMILES string of the molecule is Cc1cc(-c2oc3c(C)ccc(C(C)C)c3c2C=C[C@@H](O)C[C@@H](O)CC(=O)O)ccc1F. The summed E-state index contributed by atoms with van der Waals surface area (Å²) in [4.78, 5) is 10.8. The first kappa shape index (κ1) is 23.7. The van der Waals surface area contributed by atoms with Gasteiger partial charge in [0.2, 0.25) is 0 Å². The van der Waals surface area contributed by atoms with Gasteiger partial charge in [-0.05, 0) is 54.7 Å². The number of fused-ring (bicyclic) bond motifs is 1. The van der Waals surface area contributed by atoms with Crippen LogP contribution in [-0.2, 0) is 4.79 Å². The van der Waals surface area contributed by atoms with Gasteiger partial charge in [0, 0.05) is 22.9 Å². The van der Waals surface area contributed by atoms with E-state index in [4.69, 9.17) is 9.52 Å². The first-order valence-electron chi connectivity index (χ1n) is 10.7. The largest absolute Gasteiger partial charge is 0.481 e. The van der Waals surface area contributed by atoms with Crippen molar-refractivity contribution in [1.82, 2.24) is 0 Å². The van der Waals surface area contributed by atoms with E-state index in [0.717, 1.165) is 27.7 Å². The highest BCUT2D eigenvalue weighted by atomic mass is 19.1. The fraction of sp³-hybridized carbons (Fsp3) is 0.346. The summed E-state index contributed by atoms with van der Waals surface area (Å²) < 4.78 is 20.2. The lowest BCUT2D eigenvalue weighted by atomic mass is 9.93. The van der Waals surface area contributed by atoms with Crippen LogP contribution in [0.2, 0.25) is 0 Å². The molecule has 2 aromatic carbocycles. The summed E-state index contributed by atoms with van der Waals surface area (Å²) in [7, 11) is 0. The number of rotatable bonds is 8. The molecule has 0 unspecified atom stereocenters. The van der Waals surface area contributed by atoms with Crippen LogP contribution in [0, 0.1) is 19.7 Å². The van der Waals surface area contributed by atoms with Crippen molar-refractivity contribution in [2.45, 2.75) is 58.7 Å². The van der Waals surface area contributed by atoms with Crippen molar-refractivity contribution in [3.05, 3.63) is 64.5 Å². The quantitative estimate of drug-likeness (QED) is 0.425. The molecular formula is C26H29FO5. The fourth-order valence-corrected chi connectivity index (χ4v) is 3.87. The molecule has 0 fully saturated rings. The van der Waals surface area contributed by atoms with Gasteiger partial charge in [-0.25, -0.2) is 4.39 Å². The van der Waals surface area contributed by atoms with E-state index in [9.17, 15) is 19.4 Å². The molecule has 0 saturated heterocycles. The van der Waals surface area contributed by atoms with Crippen LogP contribution in [0.3, 0.4) is 0 Å². The Morgan fingerprint density at radius 2 is 1.84 bits per heavy atom. The third kappa shape index (κ3) is 5.09. The molecule has 3 rings (SSSR count). The van der Waals surface area contributed by atoms with Crippen molar-refractivity contribution in [2.75, 3.05) is 0 Å². The first-order chi connectivity index (χ1) is 15.1. The monoisotopic (exact) mass is 440 g/mol. The van der Waals surface area contributed by atoms with Gasteiger partial charge in [0.15, 0.2) is 0 Å². The molecular weight excluding hydrogens is 411 g/mol. The van der Waals surface area contributed by atoms with E-state index in [1.54, 1.807) is 25.1 Å². The zero-order valence-electron chi connectivity index (χ0n) is 18.7. The number of carbonyl (C=O) groups is 1. The minimum Gasteiger partial charge on any atom is -0.481 e. The number of halogens is 1. The molecule has 2 atom stereocenters. The molecule has 1 heterocycles. The Hall–Kier alpha value is -2.96. The van der Waals surface area contributed by atoms with Crippen LogP contribution < -0.4 is 0 Å². The number of carboxylic acids is 1. The van der Waals surface area contributed by atoms with Crippen molar-refractivity contribution >= 4 is 23.0 Å². The third-order valence-electron chi connectivity index (χ3n) is 5.56. The number of carboxylic acid groups (broad SMARTS) is 1. The Labute approximate surface area is 186 Å². The Balaban J connectivity index is 2.14. The van der Waals surface area contributed by atoms with Gasteiger partial charge in [-0.2, -0.15) is 0 Å². The average molecular weight is 441 g/mol.